The van der Waals surface area contributed by atoms with Gasteiger partial charge in [-0.2, -0.15) is 5.10 Å². The summed E-state index contributed by atoms with van der Waals surface area (Å²) in [4.78, 5) is 22.3. The molecule has 0 fully saturated rings. The van der Waals surface area contributed by atoms with Crippen LogP contribution in [0, 0.1) is 10.1 Å². The quantitative estimate of drug-likeness (QED) is 0.390. The molecule has 0 radical (unpaired) electrons. The molecular weight excluding hydrogens is 378 g/mol. The lowest BCUT2D eigenvalue weighted by Crippen LogP contribution is -2.19. The van der Waals surface area contributed by atoms with Gasteiger partial charge in [0.1, 0.15) is 11.5 Å². The van der Waals surface area contributed by atoms with Crippen molar-refractivity contribution >= 4 is 17.8 Å². The van der Waals surface area contributed by atoms with Crippen LogP contribution in [0.1, 0.15) is 11.3 Å². The standard InChI is InChI=1S/C20H15N3O6/c24-20(10-13-1-7-18-19(9-13)28-12-27-18)22-21-11-16-6-8-17(29-16)14-2-4-15(5-3-14)23(25)26/h1-9,11H,10,12H2,(H,22,24)/b21-11-. The maximum absolute atomic E-state index is 12.0. The van der Waals surface area contributed by atoms with Crippen LogP contribution in [-0.2, 0) is 11.2 Å². The highest BCUT2D eigenvalue weighted by Crippen LogP contribution is 2.32. The number of rotatable bonds is 6. The van der Waals surface area contributed by atoms with Crippen LogP contribution in [0.4, 0.5) is 5.69 Å². The predicted molar refractivity (Wildman–Crippen MR) is 103 cm³/mol. The molecule has 3 aromatic rings. The van der Waals surface area contributed by atoms with Crippen LogP contribution in [0.3, 0.4) is 0 Å². The summed E-state index contributed by atoms with van der Waals surface area (Å²) in [5.41, 5.74) is 3.92. The van der Waals surface area contributed by atoms with Gasteiger partial charge in [-0.3, -0.25) is 14.9 Å². The summed E-state index contributed by atoms with van der Waals surface area (Å²) in [6, 6.07) is 14.7. The molecule has 0 bridgehead atoms. The number of amides is 1. The molecule has 0 saturated carbocycles. The van der Waals surface area contributed by atoms with Crippen LogP contribution in [0.15, 0.2) is 64.1 Å². The molecule has 1 aromatic heterocycles. The summed E-state index contributed by atoms with van der Waals surface area (Å²) >= 11 is 0. The zero-order valence-electron chi connectivity index (χ0n) is 15.0. The molecule has 1 aliphatic heterocycles. The summed E-state index contributed by atoms with van der Waals surface area (Å²) < 4.78 is 16.1. The van der Waals surface area contributed by atoms with Crippen molar-refractivity contribution in [3.63, 3.8) is 0 Å². The molecule has 9 heteroatoms. The van der Waals surface area contributed by atoms with Gasteiger partial charge in [0.15, 0.2) is 11.5 Å². The van der Waals surface area contributed by atoms with Gasteiger partial charge in [0.25, 0.3) is 5.69 Å². The minimum Gasteiger partial charge on any atom is -0.455 e. The fraction of sp³-hybridized carbons (Fsp3) is 0.100. The molecule has 0 saturated heterocycles. The third kappa shape index (κ3) is 4.24. The van der Waals surface area contributed by atoms with Gasteiger partial charge in [-0.25, -0.2) is 5.43 Å². The Balaban J connectivity index is 1.33. The second-order valence-electron chi connectivity index (χ2n) is 6.16. The Morgan fingerprint density at radius 1 is 1.10 bits per heavy atom. The summed E-state index contributed by atoms with van der Waals surface area (Å²) in [6.45, 7) is 0.181. The van der Waals surface area contributed by atoms with Crippen LogP contribution < -0.4 is 14.9 Å². The van der Waals surface area contributed by atoms with Crippen molar-refractivity contribution in [2.75, 3.05) is 6.79 Å². The molecule has 29 heavy (non-hydrogen) atoms. The Hall–Kier alpha value is -4.14. The number of fused-ring (bicyclic) bond motifs is 1. The first-order valence-electron chi connectivity index (χ1n) is 8.63. The molecule has 1 amide bonds. The Morgan fingerprint density at radius 3 is 2.69 bits per heavy atom. The van der Waals surface area contributed by atoms with Crippen molar-refractivity contribution in [1.29, 1.82) is 0 Å². The van der Waals surface area contributed by atoms with Gasteiger partial charge in [-0.1, -0.05) is 6.07 Å². The highest BCUT2D eigenvalue weighted by molar-refractivity contribution is 5.82. The van der Waals surface area contributed by atoms with Crippen LogP contribution in [-0.4, -0.2) is 23.8 Å². The fourth-order valence-corrected chi connectivity index (χ4v) is 2.77. The molecule has 0 aliphatic carbocycles. The Morgan fingerprint density at radius 2 is 1.90 bits per heavy atom. The van der Waals surface area contributed by atoms with Gasteiger partial charge in [0.05, 0.1) is 17.6 Å². The van der Waals surface area contributed by atoms with E-state index in [-0.39, 0.29) is 24.8 Å². The first-order valence-corrected chi connectivity index (χ1v) is 8.63. The molecule has 0 atom stereocenters. The van der Waals surface area contributed by atoms with E-state index in [0.717, 1.165) is 5.56 Å². The average molecular weight is 393 g/mol. The van der Waals surface area contributed by atoms with Crippen molar-refractivity contribution < 1.29 is 23.6 Å². The van der Waals surface area contributed by atoms with Crippen LogP contribution in [0.25, 0.3) is 11.3 Å². The second-order valence-corrected chi connectivity index (χ2v) is 6.16. The number of hydrogen-bond donors (Lipinski definition) is 1. The highest BCUT2D eigenvalue weighted by Gasteiger charge is 2.14. The number of nitro benzene ring substituents is 1. The topological polar surface area (TPSA) is 116 Å². The van der Waals surface area contributed by atoms with E-state index >= 15 is 0 Å². The SMILES string of the molecule is O=C(Cc1ccc2c(c1)OCO2)N/N=C\c1ccc(-c2ccc([N+](=O)[O-])cc2)o1. The number of hydrazone groups is 1. The number of carbonyl (C=O) groups is 1. The molecule has 4 rings (SSSR count). The number of carbonyl (C=O) groups excluding carboxylic acids is 1. The van der Waals surface area contributed by atoms with Crippen molar-refractivity contribution in [2.24, 2.45) is 5.10 Å². The minimum atomic E-state index is -0.462. The Bertz CT molecular complexity index is 1090. The van der Waals surface area contributed by atoms with E-state index in [0.29, 0.717) is 28.6 Å². The van der Waals surface area contributed by atoms with Gasteiger partial charge in [-0.05, 0) is 42.0 Å². The van der Waals surface area contributed by atoms with Gasteiger partial charge >= 0.3 is 0 Å². The predicted octanol–water partition coefficient (Wildman–Crippen LogP) is 3.28. The normalized spacial score (nSPS) is 12.3. The van der Waals surface area contributed by atoms with Gasteiger partial charge < -0.3 is 13.9 Å². The van der Waals surface area contributed by atoms with Crippen LogP contribution in [0.5, 0.6) is 11.5 Å². The first-order chi connectivity index (χ1) is 14.1. The zero-order valence-corrected chi connectivity index (χ0v) is 15.0. The number of nitrogens with one attached hydrogen (secondary N) is 1. The van der Waals surface area contributed by atoms with E-state index in [2.05, 4.69) is 10.5 Å². The van der Waals surface area contributed by atoms with E-state index in [1.54, 1.807) is 42.5 Å². The van der Waals surface area contributed by atoms with Gasteiger partial charge in [-0.15, -0.1) is 0 Å². The molecule has 2 heterocycles. The molecule has 146 valence electrons. The lowest BCUT2D eigenvalue weighted by molar-refractivity contribution is -0.384. The lowest BCUT2D eigenvalue weighted by atomic mass is 10.1. The van der Waals surface area contributed by atoms with Crippen LogP contribution in [0.2, 0.25) is 0 Å². The van der Waals surface area contributed by atoms with Crippen molar-refractivity contribution in [2.45, 2.75) is 6.42 Å². The molecule has 2 aromatic carbocycles. The monoisotopic (exact) mass is 393 g/mol. The molecule has 0 spiro atoms. The van der Waals surface area contributed by atoms with Crippen molar-refractivity contribution in [3.05, 3.63) is 76.0 Å². The third-order valence-corrected chi connectivity index (χ3v) is 4.17. The van der Waals surface area contributed by atoms with Crippen LogP contribution >= 0.6 is 0 Å². The van der Waals surface area contributed by atoms with E-state index in [1.165, 1.54) is 18.3 Å². The smallest absolute Gasteiger partial charge is 0.269 e. The maximum Gasteiger partial charge on any atom is 0.269 e. The number of non-ortho nitro benzene ring substituents is 1. The van der Waals surface area contributed by atoms with Crippen molar-refractivity contribution in [3.8, 4) is 22.8 Å². The highest BCUT2D eigenvalue weighted by atomic mass is 16.7. The second kappa shape index (κ2) is 7.85. The fourth-order valence-electron chi connectivity index (χ4n) is 2.77. The molecule has 9 nitrogen and oxygen atoms in total. The van der Waals surface area contributed by atoms with Gasteiger partial charge in [0, 0.05) is 17.7 Å². The zero-order chi connectivity index (χ0) is 20.2. The van der Waals surface area contributed by atoms with Gasteiger partial charge in [0.2, 0.25) is 12.7 Å². The third-order valence-electron chi connectivity index (χ3n) is 4.17. The Kier molecular flexibility index (Phi) is 4.93. The minimum absolute atomic E-state index is 0.00673. The number of benzene rings is 2. The number of nitrogens with zero attached hydrogens (tertiary/aromatic N) is 2. The molecule has 0 unspecified atom stereocenters. The van der Waals surface area contributed by atoms with E-state index in [4.69, 9.17) is 13.9 Å². The molecular formula is C20H15N3O6. The summed E-state index contributed by atoms with van der Waals surface area (Å²) in [6.07, 6.45) is 1.52. The van der Waals surface area contributed by atoms with E-state index in [9.17, 15) is 14.9 Å². The number of ether oxygens (including phenoxy) is 2. The summed E-state index contributed by atoms with van der Waals surface area (Å²) in [7, 11) is 0. The maximum atomic E-state index is 12.0. The molecule has 1 aliphatic rings. The largest absolute Gasteiger partial charge is 0.455 e. The molecule has 1 N–H and O–H groups in total. The lowest BCUT2D eigenvalue weighted by Gasteiger charge is -2.02. The summed E-state index contributed by atoms with van der Waals surface area (Å²) in [5, 5.41) is 14.6. The first kappa shape index (κ1) is 18.2. The summed E-state index contributed by atoms with van der Waals surface area (Å²) in [5.74, 6) is 1.96. The number of hydrogen-bond acceptors (Lipinski definition) is 7. The van der Waals surface area contributed by atoms with E-state index < -0.39 is 4.92 Å². The average Bonchev–Trinajstić information content (AvgIpc) is 3.37. The number of nitro groups is 1. The number of furan rings is 1. The van der Waals surface area contributed by atoms with E-state index in [1.807, 2.05) is 0 Å². The Labute approximate surface area is 164 Å². The van der Waals surface area contributed by atoms with Crippen molar-refractivity contribution in [1.82, 2.24) is 5.43 Å².